The Bertz CT molecular complexity index is 419. The molecule has 0 radical (unpaired) electrons. The van der Waals surface area contributed by atoms with Gasteiger partial charge in [-0.2, -0.15) is 0 Å². The highest BCUT2D eigenvalue weighted by Crippen LogP contribution is 2.29. The minimum Gasteiger partial charge on any atom is -0.478 e. The minimum absolute atomic E-state index is 0.292. The van der Waals surface area contributed by atoms with E-state index < -0.39 is 5.97 Å². The van der Waals surface area contributed by atoms with Crippen molar-refractivity contribution < 1.29 is 9.90 Å². The van der Waals surface area contributed by atoms with Gasteiger partial charge in [0.1, 0.15) is 0 Å². The van der Waals surface area contributed by atoms with Gasteiger partial charge in [0.15, 0.2) is 5.13 Å². The van der Waals surface area contributed by atoms with Crippen LogP contribution in [0.15, 0.2) is 11.5 Å². The highest BCUT2D eigenvalue weighted by Gasteiger charge is 2.19. The second-order valence-electron chi connectivity index (χ2n) is 4.00. The Hall–Kier alpha value is -1.36. The fourth-order valence-electron chi connectivity index (χ4n) is 2.04. The lowest BCUT2D eigenvalue weighted by molar-refractivity contribution is -0.130. The van der Waals surface area contributed by atoms with E-state index in [0.717, 1.165) is 12.8 Å². The Morgan fingerprint density at radius 2 is 2.25 bits per heavy atom. The van der Waals surface area contributed by atoms with Crippen LogP contribution in [0.3, 0.4) is 0 Å². The molecule has 1 aliphatic carbocycles. The average Bonchev–Trinajstić information content (AvgIpc) is 2.84. The van der Waals surface area contributed by atoms with Crippen molar-refractivity contribution in [3.8, 4) is 0 Å². The van der Waals surface area contributed by atoms with Crippen molar-refractivity contribution in [1.82, 2.24) is 4.98 Å². The number of hydrogen-bond donors (Lipinski definition) is 2. The van der Waals surface area contributed by atoms with E-state index in [9.17, 15) is 4.79 Å². The first-order valence-electron chi connectivity index (χ1n) is 5.33. The van der Waals surface area contributed by atoms with Gasteiger partial charge in [0, 0.05) is 5.38 Å². The SMILES string of the molecule is Nc1nc(/C(=C/C2CCCC2)C(=O)O)cs1. The summed E-state index contributed by atoms with van der Waals surface area (Å²) in [4.78, 5) is 15.2. The molecule has 0 atom stereocenters. The molecule has 0 bridgehead atoms. The van der Waals surface area contributed by atoms with Crippen LogP contribution in [-0.4, -0.2) is 16.1 Å². The third-order valence-electron chi connectivity index (χ3n) is 2.83. The number of nitrogens with zero attached hydrogens (tertiary/aromatic N) is 1. The van der Waals surface area contributed by atoms with Gasteiger partial charge in [-0.1, -0.05) is 18.9 Å². The van der Waals surface area contributed by atoms with Crippen LogP contribution in [0, 0.1) is 5.92 Å². The van der Waals surface area contributed by atoms with Gasteiger partial charge in [-0.3, -0.25) is 0 Å². The second kappa shape index (κ2) is 4.65. The fourth-order valence-corrected chi connectivity index (χ4v) is 2.60. The van der Waals surface area contributed by atoms with Crippen molar-refractivity contribution in [2.45, 2.75) is 25.7 Å². The molecule has 0 amide bonds. The summed E-state index contributed by atoms with van der Waals surface area (Å²) in [5.41, 5.74) is 6.29. The summed E-state index contributed by atoms with van der Waals surface area (Å²) >= 11 is 1.27. The zero-order valence-electron chi connectivity index (χ0n) is 8.85. The quantitative estimate of drug-likeness (QED) is 0.793. The van der Waals surface area contributed by atoms with Crippen LogP contribution in [0.5, 0.6) is 0 Å². The zero-order valence-corrected chi connectivity index (χ0v) is 9.67. The molecule has 1 fully saturated rings. The van der Waals surface area contributed by atoms with Gasteiger partial charge in [0.2, 0.25) is 0 Å². The molecular formula is C11H14N2O2S. The number of anilines is 1. The summed E-state index contributed by atoms with van der Waals surface area (Å²) in [5.74, 6) is -0.536. The number of carbonyl (C=O) groups is 1. The van der Waals surface area contributed by atoms with Gasteiger partial charge < -0.3 is 10.8 Å². The van der Waals surface area contributed by atoms with Crippen LogP contribution < -0.4 is 5.73 Å². The summed E-state index contributed by atoms with van der Waals surface area (Å²) < 4.78 is 0. The molecule has 2 rings (SSSR count). The first kappa shape index (κ1) is 11.1. The van der Waals surface area contributed by atoms with E-state index in [4.69, 9.17) is 10.8 Å². The van der Waals surface area contributed by atoms with Gasteiger partial charge in [-0.25, -0.2) is 9.78 Å². The van der Waals surface area contributed by atoms with E-state index in [1.54, 1.807) is 5.38 Å². The van der Waals surface area contributed by atoms with Gasteiger partial charge >= 0.3 is 5.97 Å². The van der Waals surface area contributed by atoms with Gasteiger partial charge in [0.25, 0.3) is 0 Å². The van der Waals surface area contributed by atoms with E-state index in [1.807, 2.05) is 6.08 Å². The largest absolute Gasteiger partial charge is 0.478 e. The molecule has 0 aliphatic heterocycles. The molecule has 0 saturated heterocycles. The topological polar surface area (TPSA) is 76.2 Å². The van der Waals surface area contributed by atoms with Crippen LogP contribution in [0.4, 0.5) is 5.13 Å². The maximum atomic E-state index is 11.2. The summed E-state index contributed by atoms with van der Waals surface area (Å²) in [5, 5.41) is 11.3. The standard InChI is InChI=1S/C11H14N2O2S/c12-11-13-9(6-16-11)8(10(14)15)5-7-3-1-2-4-7/h5-7H,1-4H2,(H2,12,13)(H,14,15)/b8-5-. The number of rotatable bonds is 3. The lowest BCUT2D eigenvalue weighted by Gasteiger charge is -2.04. The summed E-state index contributed by atoms with van der Waals surface area (Å²) in [6, 6.07) is 0. The number of aromatic nitrogens is 1. The van der Waals surface area contributed by atoms with Crippen molar-refractivity contribution in [3.63, 3.8) is 0 Å². The molecule has 4 nitrogen and oxygen atoms in total. The van der Waals surface area contributed by atoms with Crippen molar-refractivity contribution in [1.29, 1.82) is 0 Å². The Labute approximate surface area is 97.8 Å². The molecule has 5 heteroatoms. The average molecular weight is 238 g/mol. The van der Waals surface area contributed by atoms with E-state index in [0.29, 0.717) is 22.3 Å². The van der Waals surface area contributed by atoms with Crippen LogP contribution >= 0.6 is 11.3 Å². The lowest BCUT2D eigenvalue weighted by atomic mass is 10.0. The predicted octanol–water partition coefficient (Wildman–Crippen LogP) is 2.38. The Morgan fingerprint density at radius 3 is 2.75 bits per heavy atom. The minimum atomic E-state index is -0.919. The third-order valence-corrected chi connectivity index (χ3v) is 3.50. The Balaban J connectivity index is 2.26. The summed E-state index contributed by atoms with van der Waals surface area (Å²) in [7, 11) is 0. The smallest absolute Gasteiger partial charge is 0.337 e. The molecule has 0 unspecified atom stereocenters. The number of carboxylic acids is 1. The number of nitrogens with two attached hydrogens (primary N) is 1. The third kappa shape index (κ3) is 2.41. The molecule has 1 aromatic rings. The van der Waals surface area contributed by atoms with Gasteiger partial charge in [-0.15, -0.1) is 11.3 Å². The molecule has 3 N–H and O–H groups in total. The number of hydrogen-bond acceptors (Lipinski definition) is 4. The number of thiazole rings is 1. The Kier molecular flexibility index (Phi) is 3.24. The maximum absolute atomic E-state index is 11.2. The molecule has 86 valence electrons. The van der Waals surface area contributed by atoms with Crippen molar-refractivity contribution in [2.24, 2.45) is 5.92 Å². The first-order valence-corrected chi connectivity index (χ1v) is 6.21. The van der Waals surface area contributed by atoms with E-state index in [2.05, 4.69) is 4.98 Å². The highest BCUT2D eigenvalue weighted by atomic mass is 32.1. The van der Waals surface area contributed by atoms with Gasteiger partial charge in [0.05, 0.1) is 11.3 Å². The van der Waals surface area contributed by atoms with Crippen LogP contribution in [0.25, 0.3) is 5.57 Å². The summed E-state index contributed by atoms with van der Waals surface area (Å²) in [6.45, 7) is 0. The maximum Gasteiger partial charge on any atom is 0.337 e. The van der Waals surface area contributed by atoms with Gasteiger partial charge in [-0.05, 0) is 18.8 Å². The van der Waals surface area contributed by atoms with Crippen molar-refractivity contribution >= 4 is 28.0 Å². The second-order valence-corrected chi connectivity index (χ2v) is 4.89. The Morgan fingerprint density at radius 1 is 1.56 bits per heavy atom. The molecule has 0 spiro atoms. The van der Waals surface area contributed by atoms with E-state index in [-0.39, 0.29) is 0 Å². The number of allylic oxidation sites excluding steroid dienone is 1. The van der Waals surface area contributed by atoms with Crippen molar-refractivity contribution in [2.75, 3.05) is 5.73 Å². The molecule has 1 heterocycles. The molecular weight excluding hydrogens is 224 g/mol. The molecule has 0 aromatic carbocycles. The summed E-state index contributed by atoms with van der Waals surface area (Å²) in [6.07, 6.45) is 6.37. The van der Waals surface area contributed by atoms with Crippen LogP contribution in [-0.2, 0) is 4.79 Å². The molecule has 16 heavy (non-hydrogen) atoms. The number of carboxylic acid groups (broad SMARTS) is 1. The highest BCUT2D eigenvalue weighted by molar-refractivity contribution is 7.13. The van der Waals surface area contributed by atoms with E-state index >= 15 is 0 Å². The molecule has 1 saturated carbocycles. The molecule has 1 aromatic heterocycles. The molecule has 1 aliphatic rings. The van der Waals surface area contributed by atoms with Crippen LogP contribution in [0.2, 0.25) is 0 Å². The van der Waals surface area contributed by atoms with E-state index in [1.165, 1.54) is 24.2 Å². The lowest BCUT2D eigenvalue weighted by Crippen LogP contribution is -2.03. The fraction of sp³-hybridized carbons (Fsp3) is 0.455. The van der Waals surface area contributed by atoms with Crippen molar-refractivity contribution in [3.05, 3.63) is 17.2 Å². The monoisotopic (exact) mass is 238 g/mol. The first-order chi connectivity index (χ1) is 7.66. The zero-order chi connectivity index (χ0) is 11.5. The predicted molar refractivity (Wildman–Crippen MR) is 64.1 cm³/mol. The number of aliphatic carboxylic acids is 1. The number of nitrogen functional groups attached to an aromatic ring is 1. The normalized spacial score (nSPS) is 17.9. The van der Waals surface area contributed by atoms with Crippen LogP contribution in [0.1, 0.15) is 31.4 Å².